The predicted octanol–water partition coefficient (Wildman–Crippen LogP) is 1.16. The second-order valence-corrected chi connectivity index (χ2v) is 2.69. The molecule has 0 aromatic carbocycles. The van der Waals surface area contributed by atoms with Crippen LogP contribution >= 0.6 is 0 Å². The molecule has 0 N–H and O–H groups in total. The quantitative estimate of drug-likeness (QED) is 0.437. The van der Waals surface area contributed by atoms with Crippen LogP contribution in [0.3, 0.4) is 0 Å². The summed E-state index contributed by atoms with van der Waals surface area (Å²) in [5.74, 6) is -0.424. The lowest BCUT2D eigenvalue weighted by Crippen LogP contribution is -2.23. The summed E-state index contributed by atoms with van der Waals surface area (Å²) in [6.07, 6.45) is 1.76. The Kier molecular flexibility index (Phi) is 8.17. The molecule has 0 fully saturated rings. The molecule has 0 aromatic heterocycles. The maximum absolute atomic E-state index is 10.8. The summed E-state index contributed by atoms with van der Waals surface area (Å²) in [5.41, 5.74) is 0. The molecular formula is C10H18O4. The number of rotatable bonds is 8. The maximum atomic E-state index is 10.8. The van der Waals surface area contributed by atoms with Gasteiger partial charge in [-0.05, 0) is 6.92 Å². The number of hydrogen-bond donors (Lipinski definition) is 0. The van der Waals surface area contributed by atoms with E-state index in [1.54, 1.807) is 7.11 Å². The molecule has 4 heteroatoms. The lowest BCUT2D eigenvalue weighted by atomic mass is 10.3. The molecule has 0 spiro atoms. The molecule has 0 saturated heterocycles. The molecule has 0 aliphatic rings. The van der Waals surface area contributed by atoms with Gasteiger partial charge in [-0.2, -0.15) is 0 Å². The number of esters is 1. The van der Waals surface area contributed by atoms with Crippen LogP contribution in [-0.2, 0) is 19.0 Å². The molecule has 0 bridgehead atoms. The molecule has 0 aromatic rings. The first-order valence-corrected chi connectivity index (χ1v) is 4.64. The van der Waals surface area contributed by atoms with Crippen molar-refractivity contribution in [2.75, 3.05) is 26.9 Å². The fourth-order valence-electron chi connectivity index (χ4n) is 0.934. The molecule has 0 heterocycles. The normalized spacial score (nSPS) is 12.1. The second-order valence-electron chi connectivity index (χ2n) is 2.69. The lowest BCUT2D eigenvalue weighted by molar-refractivity contribution is -0.142. The predicted molar refractivity (Wildman–Crippen MR) is 53.1 cm³/mol. The summed E-state index contributed by atoms with van der Waals surface area (Å²) < 4.78 is 15.1. The zero-order valence-electron chi connectivity index (χ0n) is 8.82. The van der Waals surface area contributed by atoms with Crippen LogP contribution in [0.25, 0.3) is 0 Å². The third-order valence-corrected chi connectivity index (χ3v) is 1.62. The SMILES string of the molecule is C=CC(=O)OCC(CCOC)OCC. The average Bonchev–Trinajstić information content (AvgIpc) is 2.21. The highest BCUT2D eigenvalue weighted by atomic mass is 16.6. The van der Waals surface area contributed by atoms with E-state index in [-0.39, 0.29) is 12.7 Å². The molecule has 1 atom stereocenters. The fraction of sp³-hybridized carbons (Fsp3) is 0.700. The van der Waals surface area contributed by atoms with Gasteiger partial charge in [0.2, 0.25) is 0 Å². The van der Waals surface area contributed by atoms with Crippen LogP contribution in [0.1, 0.15) is 13.3 Å². The highest BCUT2D eigenvalue weighted by Crippen LogP contribution is 2.00. The zero-order valence-corrected chi connectivity index (χ0v) is 8.82. The van der Waals surface area contributed by atoms with Crippen LogP contribution in [0.15, 0.2) is 12.7 Å². The number of hydrogen-bond acceptors (Lipinski definition) is 4. The van der Waals surface area contributed by atoms with E-state index in [4.69, 9.17) is 14.2 Å². The Morgan fingerprint density at radius 2 is 2.29 bits per heavy atom. The molecule has 0 aliphatic carbocycles. The van der Waals surface area contributed by atoms with E-state index in [1.165, 1.54) is 0 Å². The van der Waals surface area contributed by atoms with Gasteiger partial charge in [0.1, 0.15) is 6.61 Å². The van der Waals surface area contributed by atoms with Gasteiger partial charge < -0.3 is 14.2 Å². The maximum Gasteiger partial charge on any atom is 0.330 e. The topological polar surface area (TPSA) is 44.8 Å². The summed E-state index contributed by atoms with van der Waals surface area (Å²) in [6, 6.07) is 0. The fourth-order valence-corrected chi connectivity index (χ4v) is 0.934. The Hall–Kier alpha value is -0.870. The largest absolute Gasteiger partial charge is 0.460 e. The van der Waals surface area contributed by atoms with Crippen molar-refractivity contribution >= 4 is 5.97 Å². The number of ether oxygens (including phenoxy) is 3. The molecule has 0 rings (SSSR count). The summed E-state index contributed by atoms with van der Waals surface area (Å²) in [6.45, 7) is 6.65. The van der Waals surface area contributed by atoms with E-state index < -0.39 is 5.97 Å². The van der Waals surface area contributed by atoms with E-state index in [1.807, 2.05) is 6.92 Å². The smallest absolute Gasteiger partial charge is 0.330 e. The minimum atomic E-state index is -0.424. The van der Waals surface area contributed by atoms with Gasteiger partial charge in [-0.1, -0.05) is 6.58 Å². The minimum Gasteiger partial charge on any atom is -0.460 e. The minimum absolute atomic E-state index is 0.0937. The van der Waals surface area contributed by atoms with Crippen molar-refractivity contribution in [1.29, 1.82) is 0 Å². The Bertz CT molecular complexity index is 168. The molecule has 0 saturated carbocycles. The van der Waals surface area contributed by atoms with E-state index >= 15 is 0 Å². The number of carbonyl (C=O) groups is 1. The summed E-state index contributed by atoms with van der Waals surface area (Å²) >= 11 is 0. The van der Waals surface area contributed by atoms with Crippen molar-refractivity contribution < 1.29 is 19.0 Å². The number of methoxy groups -OCH3 is 1. The van der Waals surface area contributed by atoms with E-state index in [0.717, 1.165) is 12.5 Å². The summed E-state index contributed by atoms with van der Waals surface area (Å²) in [4.78, 5) is 10.8. The van der Waals surface area contributed by atoms with Crippen LogP contribution in [-0.4, -0.2) is 39.0 Å². The molecule has 82 valence electrons. The molecule has 0 amide bonds. The highest BCUT2D eigenvalue weighted by molar-refractivity contribution is 5.81. The van der Waals surface area contributed by atoms with Gasteiger partial charge in [0, 0.05) is 32.8 Å². The van der Waals surface area contributed by atoms with Gasteiger partial charge in [0.15, 0.2) is 0 Å². The first-order valence-electron chi connectivity index (χ1n) is 4.64. The average molecular weight is 202 g/mol. The van der Waals surface area contributed by atoms with Crippen LogP contribution in [0.4, 0.5) is 0 Å². The standard InChI is InChI=1S/C10H18O4/c1-4-10(11)14-8-9(13-5-2)6-7-12-3/h4,9H,1,5-8H2,2-3H3. The monoisotopic (exact) mass is 202 g/mol. The van der Waals surface area contributed by atoms with Gasteiger partial charge in [0.25, 0.3) is 0 Å². The van der Waals surface area contributed by atoms with Crippen molar-refractivity contribution in [1.82, 2.24) is 0 Å². The van der Waals surface area contributed by atoms with Gasteiger partial charge in [-0.25, -0.2) is 4.79 Å². The molecule has 0 aliphatic heterocycles. The Balaban J connectivity index is 3.71. The third kappa shape index (κ3) is 6.62. The van der Waals surface area contributed by atoms with Crippen molar-refractivity contribution in [2.45, 2.75) is 19.4 Å². The molecule has 1 unspecified atom stereocenters. The zero-order chi connectivity index (χ0) is 10.8. The highest BCUT2D eigenvalue weighted by Gasteiger charge is 2.10. The molecule has 14 heavy (non-hydrogen) atoms. The third-order valence-electron chi connectivity index (χ3n) is 1.62. The lowest BCUT2D eigenvalue weighted by Gasteiger charge is -2.15. The van der Waals surface area contributed by atoms with Crippen LogP contribution < -0.4 is 0 Å². The van der Waals surface area contributed by atoms with Crippen LogP contribution in [0, 0.1) is 0 Å². The Morgan fingerprint density at radius 1 is 1.57 bits per heavy atom. The van der Waals surface area contributed by atoms with Crippen LogP contribution in [0.5, 0.6) is 0 Å². The van der Waals surface area contributed by atoms with Crippen molar-refractivity contribution in [3.63, 3.8) is 0 Å². The van der Waals surface area contributed by atoms with Crippen molar-refractivity contribution in [3.8, 4) is 0 Å². The number of carbonyl (C=O) groups excluding carboxylic acids is 1. The first kappa shape index (κ1) is 13.1. The van der Waals surface area contributed by atoms with Gasteiger partial charge in [-0.3, -0.25) is 0 Å². The molecule has 4 nitrogen and oxygen atoms in total. The van der Waals surface area contributed by atoms with Crippen LogP contribution in [0.2, 0.25) is 0 Å². The molecular weight excluding hydrogens is 184 g/mol. The molecule has 0 radical (unpaired) electrons. The van der Waals surface area contributed by atoms with E-state index in [9.17, 15) is 4.79 Å². The first-order chi connectivity index (χ1) is 6.74. The second kappa shape index (κ2) is 8.72. The van der Waals surface area contributed by atoms with Gasteiger partial charge in [-0.15, -0.1) is 0 Å². The van der Waals surface area contributed by atoms with Gasteiger partial charge in [0.05, 0.1) is 6.10 Å². The van der Waals surface area contributed by atoms with E-state index in [0.29, 0.717) is 13.2 Å². The summed E-state index contributed by atoms with van der Waals surface area (Å²) in [5, 5.41) is 0. The van der Waals surface area contributed by atoms with Gasteiger partial charge >= 0.3 is 5.97 Å². The Morgan fingerprint density at radius 3 is 2.79 bits per heavy atom. The summed E-state index contributed by atoms with van der Waals surface area (Å²) in [7, 11) is 1.62. The Labute approximate surface area is 84.8 Å². The van der Waals surface area contributed by atoms with E-state index in [2.05, 4.69) is 6.58 Å². The van der Waals surface area contributed by atoms with Crippen molar-refractivity contribution in [2.24, 2.45) is 0 Å². The van der Waals surface area contributed by atoms with Crippen molar-refractivity contribution in [3.05, 3.63) is 12.7 Å².